The van der Waals surface area contributed by atoms with E-state index in [1.807, 2.05) is 17.0 Å². The Balaban J connectivity index is 1.37. The molecule has 7 heteroatoms. The molecule has 0 bridgehead atoms. The fraction of sp³-hybridized carbons (Fsp3) is 0.321. The van der Waals surface area contributed by atoms with E-state index >= 15 is 0 Å². The topological polar surface area (TPSA) is 32.8 Å². The number of para-hydroxylation sites is 1. The zero-order chi connectivity index (χ0) is 24.2. The SMILES string of the molecule is O=C1CCCN1C1CC(c2cccc(-c3cccc(OC(F)(F)F)c3)c2)N2CCc3cccc1c32. The lowest BCUT2D eigenvalue weighted by atomic mass is 9.86. The summed E-state index contributed by atoms with van der Waals surface area (Å²) in [4.78, 5) is 17.2. The molecule has 35 heavy (non-hydrogen) atoms. The number of alkyl halides is 3. The minimum atomic E-state index is -4.73. The third-order valence-corrected chi connectivity index (χ3v) is 7.40. The van der Waals surface area contributed by atoms with Gasteiger partial charge in [0.15, 0.2) is 0 Å². The van der Waals surface area contributed by atoms with E-state index in [9.17, 15) is 18.0 Å². The van der Waals surface area contributed by atoms with Crippen molar-refractivity contribution in [3.05, 3.63) is 83.4 Å². The van der Waals surface area contributed by atoms with Crippen LogP contribution in [0.5, 0.6) is 5.75 Å². The van der Waals surface area contributed by atoms with Gasteiger partial charge in [-0.2, -0.15) is 0 Å². The number of nitrogens with zero attached hydrogens (tertiary/aromatic N) is 2. The van der Waals surface area contributed by atoms with Gasteiger partial charge in [0.05, 0.1) is 12.1 Å². The number of anilines is 1. The predicted molar refractivity (Wildman–Crippen MR) is 127 cm³/mol. The van der Waals surface area contributed by atoms with Gasteiger partial charge < -0.3 is 14.5 Å². The first-order valence-electron chi connectivity index (χ1n) is 12.0. The van der Waals surface area contributed by atoms with E-state index < -0.39 is 6.36 Å². The summed E-state index contributed by atoms with van der Waals surface area (Å²) < 4.78 is 42.3. The molecule has 1 fully saturated rings. The van der Waals surface area contributed by atoms with Crippen LogP contribution in [0.25, 0.3) is 11.1 Å². The first-order chi connectivity index (χ1) is 16.9. The summed E-state index contributed by atoms with van der Waals surface area (Å²) in [6.07, 6.45) is -1.47. The number of ether oxygens (including phenoxy) is 1. The lowest BCUT2D eigenvalue weighted by Crippen LogP contribution is -2.39. The number of hydrogen-bond acceptors (Lipinski definition) is 3. The van der Waals surface area contributed by atoms with Crippen LogP contribution >= 0.6 is 0 Å². The van der Waals surface area contributed by atoms with Crippen LogP contribution < -0.4 is 9.64 Å². The third-order valence-electron chi connectivity index (χ3n) is 7.40. The molecule has 3 aromatic rings. The van der Waals surface area contributed by atoms with Crippen LogP contribution in [0.15, 0.2) is 66.7 Å². The molecule has 180 valence electrons. The van der Waals surface area contributed by atoms with Gasteiger partial charge in [-0.15, -0.1) is 13.2 Å². The molecule has 1 saturated heterocycles. The zero-order valence-corrected chi connectivity index (χ0v) is 19.1. The number of rotatable bonds is 4. The molecule has 0 spiro atoms. The number of likely N-dealkylation sites (tertiary alicyclic amines) is 1. The Bertz CT molecular complexity index is 1290. The van der Waals surface area contributed by atoms with Crippen molar-refractivity contribution in [2.24, 2.45) is 0 Å². The van der Waals surface area contributed by atoms with Gasteiger partial charge in [-0.25, -0.2) is 0 Å². The van der Waals surface area contributed by atoms with Gasteiger partial charge in [0.1, 0.15) is 5.75 Å². The highest BCUT2D eigenvalue weighted by Crippen LogP contribution is 2.51. The molecule has 0 radical (unpaired) electrons. The van der Waals surface area contributed by atoms with Gasteiger partial charge >= 0.3 is 6.36 Å². The number of carbonyl (C=O) groups is 1. The molecule has 6 rings (SSSR count). The van der Waals surface area contributed by atoms with E-state index in [1.54, 1.807) is 12.1 Å². The van der Waals surface area contributed by atoms with Crippen LogP contribution in [0.2, 0.25) is 0 Å². The molecule has 0 saturated carbocycles. The van der Waals surface area contributed by atoms with E-state index in [0.717, 1.165) is 43.5 Å². The Labute approximate surface area is 201 Å². The largest absolute Gasteiger partial charge is 0.573 e. The Morgan fingerprint density at radius 2 is 1.60 bits per heavy atom. The molecule has 3 aliphatic rings. The van der Waals surface area contributed by atoms with Crippen LogP contribution in [0.3, 0.4) is 0 Å². The molecule has 1 amide bonds. The van der Waals surface area contributed by atoms with Crippen molar-refractivity contribution in [2.45, 2.75) is 44.1 Å². The number of carbonyl (C=O) groups excluding carboxylic acids is 1. The summed E-state index contributed by atoms with van der Waals surface area (Å²) in [6, 6.07) is 20.6. The van der Waals surface area contributed by atoms with E-state index in [1.165, 1.54) is 28.9 Å². The molecule has 3 aromatic carbocycles. The molecule has 3 heterocycles. The van der Waals surface area contributed by atoms with Crippen LogP contribution in [-0.2, 0) is 11.2 Å². The monoisotopic (exact) mass is 478 g/mol. The van der Waals surface area contributed by atoms with E-state index in [4.69, 9.17) is 0 Å². The summed E-state index contributed by atoms with van der Waals surface area (Å²) >= 11 is 0. The van der Waals surface area contributed by atoms with Crippen LogP contribution in [0, 0.1) is 0 Å². The molecule has 2 atom stereocenters. The van der Waals surface area contributed by atoms with Gasteiger partial charge in [-0.3, -0.25) is 4.79 Å². The molecule has 0 aromatic heterocycles. The second kappa shape index (κ2) is 8.33. The van der Waals surface area contributed by atoms with Crippen molar-refractivity contribution in [3.8, 4) is 16.9 Å². The summed E-state index contributed by atoms with van der Waals surface area (Å²) in [7, 11) is 0. The third kappa shape index (κ3) is 4.03. The molecule has 0 N–H and O–H groups in total. The molecule has 2 unspecified atom stereocenters. The van der Waals surface area contributed by atoms with Gasteiger partial charge in [0.25, 0.3) is 0 Å². The molecular weight excluding hydrogens is 453 g/mol. The number of hydrogen-bond donors (Lipinski definition) is 0. The Morgan fingerprint density at radius 1 is 0.829 bits per heavy atom. The van der Waals surface area contributed by atoms with Gasteiger partial charge in [-0.05, 0) is 65.3 Å². The zero-order valence-electron chi connectivity index (χ0n) is 19.1. The van der Waals surface area contributed by atoms with Crippen molar-refractivity contribution in [1.82, 2.24) is 4.90 Å². The van der Waals surface area contributed by atoms with Crippen molar-refractivity contribution in [3.63, 3.8) is 0 Å². The second-order valence-electron chi connectivity index (χ2n) is 9.46. The van der Waals surface area contributed by atoms with Gasteiger partial charge in [0.2, 0.25) is 5.91 Å². The number of amides is 1. The van der Waals surface area contributed by atoms with Gasteiger partial charge in [-0.1, -0.05) is 48.5 Å². The first kappa shape index (κ1) is 22.0. The average Bonchev–Trinajstić information content (AvgIpc) is 3.46. The van der Waals surface area contributed by atoms with Crippen LogP contribution in [-0.4, -0.2) is 30.3 Å². The van der Waals surface area contributed by atoms with Crippen molar-refractivity contribution in [1.29, 1.82) is 0 Å². The fourth-order valence-corrected chi connectivity index (χ4v) is 5.97. The Morgan fingerprint density at radius 3 is 2.37 bits per heavy atom. The molecule has 0 aliphatic carbocycles. The second-order valence-corrected chi connectivity index (χ2v) is 9.46. The number of halogens is 3. The van der Waals surface area contributed by atoms with E-state index in [0.29, 0.717) is 12.0 Å². The van der Waals surface area contributed by atoms with Crippen molar-refractivity contribution >= 4 is 11.6 Å². The highest BCUT2D eigenvalue weighted by atomic mass is 19.4. The molecule has 3 aliphatic heterocycles. The summed E-state index contributed by atoms with van der Waals surface area (Å²) in [5.74, 6) is -0.0168. The maximum atomic E-state index is 12.7. The highest BCUT2D eigenvalue weighted by molar-refractivity contribution is 5.80. The minimum absolute atomic E-state index is 0.0338. The van der Waals surface area contributed by atoms with Crippen LogP contribution in [0.4, 0.5) is 18.9 Å². The summed E-state index contributed by atoms with van der Waals surface area (Å²) in [5.41, 5.74) is 6.40. The smallest absolute Gasteiger partial charge is 0.406 e. The summed E-state index contributed by atoms with van der Waals surface area (Å²) in [6.45, 7) is 1.70. The van der Waals surface area contributed by atoms with Gasteiger partial charge in [0, 0.05) is 25.2 Å². The standard InChI is InChI=1S/C28H25F3N2O2/c29-28(30,31)35-22-9-2-7-20(16-22)19-6-1-8-21(15-19)24-17-25(32-13-4-11-26(32)34)23-10-3-5-18-12-14-33(24)27(18)23/h1-3,5-10,15-16,24-25H,4,11-14,17H2. The van der Waals surface area contributed by atoms with Crippen molar-refractivity contribution in [2.75, 3.05) is 18.0 Å². The minimum Gasteiger partial charge on any atom is -0.406 e. The van der Waals surface area contributed by atoms with Crippen LogP contribution in [0.1, 0.15) is 48.0 Å². The average molecular weight is 479 g/mol. The maximum Gasteiger partial charge on any atom is 0.573 e. The quantitative estimate of drug-likeness (QED) is 0.434. The lowest BCUT2D eigenvalue weighted by molar-refractivity contribution is -0.274. The first-order valence-corrected chi connectivity index (χ1v) is 12.0. The van der Waals surface area contributed by atoms with E-state index in [-0.39, 0.29) is 23.7 Å². The van der Waals surface area contributed by atoms with E-state index in [2.05, 4.69) is 40.0 Å². The van der Waals surface area contributed by atoms with Crippen molar-refractivity contribution < 1.29 is 22.7 Å². The fourth-order valence-electron chi connectivity index (χ4n) is 5.97. The lowest BCUT2D eigenvalue weighted by Gasteiger charge is -2.43. The molecular formula is C28H25F3N2O2. The Kier molecular flexibility index (Phi) is 5.24. The molecule has 4 nitrogen and oxygen atoms in total. The number of benzene rings is 3. The Hall–Kier alpha value is -3.48. The normalized spacial score (nSPS) is 21.4. The maximum absolute atomic E-state index is 12.7. The highest BCUT2D eigenvalue weighted by Gasteiger charge is 2.42. The summed E-state index contributed by atoms with van der Waals surface area (Å²) in [5, 5.41) is 0. The predicted octanol–water partition coefficient (Wildman–Crippen LogP) is 6.42.